The van der Waals surface area contributed by atoms with Crippen LogP contribution in [0.3, 0.4) is 0 Å². The van der Waals surface area contributed by atoms with Crippen LogP contribution in [-0.4, -0.2) is 22.6 Å². The lowest BCUT2D eigenvalue weighted by Crippen LogP contribution is -2.27. The molecule has 4 nitrogen and oxygen atoms in total. The predicted octanol–water partition coefficient (Wildman–Crippen LogP) is 5.13. The maximum absolute atomic E-state index is 12.8. The first-order chi connectivity index (χ1) is 10.7. The van der Waals surface area contributed by atoms with E-state index in [2.05, 4.69) is 0 Å². The molecule has 0 aliphatic carbocycles. The molecule has 0 aliphatic rings. The van der Waals surface area contributed by atoms with Gasteiger partial charge in [-0.05, 0) is 30.3 Å². The predicted molar refractivity (Wildman–Crippen MR) is 95.1 cm³/mol. The Hall–Kier alpha value is -0.850. The highest BCUT2D eigenvalue weighted by atomic mass is 35.5. The molecule has 2 aromatic carbocycles. The van der Waals surface area contributed by atoms with Gasteiger partial charge in [0.15, 0.2) is 0 Å². The van der Waals surface area contributed by atoms with Gasteiger partial charge in [-0.1, -0.05) is 46.4 Å². The van der Waals surface area contributed by atoms with Gasteiger partial charge < -0.3 is 4.74 Å². The molecule has 0 bridgehead atoms. The number of halogens is 4. The largest absolute Gasteiger partial charge is 0.495 e. The van der Waals surface area contributed by atoms with Gasteiger partial charge in [0.25, 0.3) is 10.0 Å². The van der Waals surface area contributed by atoms with Crippen LogP contribution in [-0.2, 0) is 10.0 Å². The average molecular weight is 415 g/mol. The molecule has 0 heterocycles. The second kappa shape index (κ2) is 6.95. The molecule has 0 spiro atoms. The monoisotopic (exact) mass is 413 g/mol. The molecule has 0 aliphatic heterocycles. The number of nitrogens with zero attached hydrogens (tertiary/aromatic N) is 1. The van der Waals surface area contributed by atoms with Crippen LogP contribution in [0.4, 0.5) is 5.69 Å². The smallest absolute Gasteiger partial charge is 0.265 e. The maximum atomic E-state index is 12.8. The summed E-state index contributed by atoms with van der Waals surface area (Å²) in [5.74, 6) is 0.277. The van der Waals surface area contributed by atoms with Gasteiger partial charge in [0, 0.05) is 12.1 Å². The van der Waals surface area contributed by atoms with E-state index in [1.54, 1.807) is 6.07 Å². The third-order valence-corrected chi connectivity index (χ3v) is 6.46. The summed E-state index contributed by atoms with van der Waals surface area (Å²) in [7, 11) is -1.24. The molecule has 2 aromatic rings. The van der Waals surface area contributed by atoms with Crippen molar-refractivity contribution in [3.63, 3.8) is 0 Å². The third-order valence-electron chi connectivity index (χ3n) is 3.12. The molecule has 2 rings (SSSR count). The Bertz CT molecular complexity index is 855. The molecule has 0 radical (unpaired) electrons. The molecule has 0 unspecified atom stereocenters. The summed E-state index contributed by atoms with van der Waals surface area (Å²) >= 11 is 24.1. The number of hydrogen-bond donors (Lipinski definition) is 0. The van der Waals surface area contributed by atoms with Crippen molar-refractivity contribution in [3.05, 3.63) is 50.4 Å². The summed E-state index contributed by atoms with van der Waals surface area (Å²) < 4.78 is 31.6. The first kappa shape index (κ1) is 18.5. The third kappa shape index (κ3) is 3.49. The fourth-order valence-electron chi connectivity index (χ4n) is 1.88. The SMILES string of the molecule is COc1ccc(S(=O)(=O)N(C)c2cc(Cl)ccc2Cl)c(Cl)c1Cl. The van der Waals surface area contributed by atoms with Crippen LogP contribution in [0, 0.1) is 0 Å². The van der Waals surface area contributed by atoms with Crippen LogP contribution >= 0.6 is 46.4 Å². The summed E-state index contributed by atoms with van der Waals surface area (Å²) in [5.41, 5.74) is 0.224. The maximum Gasteiger partial charge on any atom is 0.265 e. The number of benzene rings is 2. The van der Waals surface area contributed by atoms with Gasteiger partial charge in [-0.2, -0.15) is 0 Å². The van der Waals surface area contributed by atoms with Crippen molar-refractivity contribution < 1.29 is 13.2 Å². The van der Waals surface area contributed by atoms with E-state index in [-0.39, 0.29) is 31.4 Å². The lowest BCUT2D eigenvalue weighted by molar-refractivity contribution is 0.414. The summed E-state index contributed by atoms with van der Waals surface area (Å²) in [6.45, 7) is 0. The highest BCUT2D eigenvalue weighted by Crippen LogP contribution is 2.39. The second-order valence-corrected chi connectivity index (χ2v) is 8.00. The zero-order valence-corrected chi connectivity index (χ0v) is 15.8. The molecule has 9 heteroatoms. The molecule has 0 amide bonds. The fourth-order valence-corrected chi connectivity index (χ4v) is 4.36. The van der Waals surface area contributed by atoms with Gasteiger partial charge in [-0.15, -0.1) is 0 Å². The molecule has 0 aromatic heterocycles. The first-order valence-corrected chi connectivity index (χ1v) is 9.11. The molecule has 0 fully saturated rings. The lowest BCUT2D eigenvalue weighted by atomic mass is 10.3. The summed E-state index contributed by atoms with van der Waals surface area (Å²) in [5, 5.41) is 0.471. The fraction of sp³-hybridized carbons (Fsp3) is 0.143. The van der Waals surface area contributed by atoms with Crippen LogP contribution < -0.4 is 9.04 Å². The quantitative estimate of drug-likeness (QED) is 0.696. The number of rotatable bonds is 4. The van der Waals surface area contributed by atoms with E-state index >= 15 is 0 Å². The van der Waals surface area contributed by atoms with E-state index in [1.807, 2.05) is 0 Å². The zero-order chi connectivity index (χ0) is 17.4. The normalized spacial score (nSPS) is 11.4. The van der Waals surface area contributed by atoms with Gasteiger partial charge in [-0.25, -0.2) is 8.42 Å². The molecule has 23 heavy (non-hydrogen) atoms. The Kier molecular flexibility index (Phi) is 5.59. The Morgan fingerprint density at radius 2 is 1.65 bits per heavy atom. The van der Waals surface area contributed by atoms with E-state index in [4.69, 9.17) is 51.1 Å². The number of hydrogen-bond acceptors (Lipinski definition) is 3. The molecule has 124 valence electrons. The van der Waals surface area contributed by atoms with E-state index in [0.717, 1.165) is 4.31 Å². The first-order valence-electron chi connectivity index (χ1n) is 6.16. The van der Waals surface area contributed by atoms with Crippen molar-refractivity contribution in [1.82, 2.24) is 0 Å². The highest BCUT2D eigenvalue weighted by molar-refractivity contribution is 7.93. The standard InChI is InChI=1S/C14H11Cl4NO3S/c1-19(10-7-8(15)3-4-9(10)16)23(20,21)12-6-5-11(22-2)13(17)14(12)18/h3-7H,1-2H3. The molecule has 0 N–H and O–H groups in total. The number of sulfonamides is 1. The zero-order valence-electron chi connectivity index (χ0n) is 12.0. The van der Waals surface area contributed by atoms with Gasteiger partial charge >= 0.3 is 0 Å². The van der Waals surface area contributed by atoms with Crippen molar-refractivity contribution in [2.45, 2.75) is 4.90 Å². The van der Waals surface area contributed by atoms with Crippen molar-refractivity contribution in [2.75, 3.05) is 18.5 Å². The topological polar surface area (TPSA) is 46.6 Å². The Morgan fingerprint density at radius 3 is 2.26 bits per heavy atom. The molecule has 0 atom stereocenters. The van der Waals surface area contributed by atoms with Crippen molar-refractivity contribution >= 4 is 62.1 Å². The molecular weight excluding hydrogens is 404 g/mol. The van der Waals surface area contributed by atoms with Crippen LogP contribution in [0.25, 0.3) is 0 Å². The highest BCUT2D eigenvalue weighted by Gasteiger charge is 2.27. The minimum atomic E-state index is -3.99. The van der Waals surface area contributed by atoms with Crippen molar-refractivity contribution in [3.8, 4) is 5.75 Å². The number of anilines is 1. The summed E-state index contributed by atoms with van der Waals surface area (Å²) in [4.78, 5) is -0.163. The summed E-state index contributed by atoms with van der Waals surface area (Å²) in [6.07, 6.45) is 0. The van der Waals surface area contributed by atoms with Crippen LogP contribution in [0.2, 0.25) is 20.1 Å². The van der Waals surface area contributed by atoms with Gasteiger partial charge in [0.1, 0.15) is 15.7 Å². The van der Waals surface area contributed by atoms with Crippen molar-refractivity contribution in [2.24, 2.45) is 0 Å². The summed E-state index contributed by atoms with van der Waals surface area (Å²) in [6, 6.07) is 7.26. The molecular formula is C14H11Cl4NO3S. The van der Waals surface area contributed by atoms with Gasteiger partial charge in [0.2, 0.25) is 0 Å². The van der Waals surface area contributed by atoms with E-state index in [0.29, 0.717) is 5.02 Å². The lowest BCUT2D eigenvalue weighted by Gasteiger charge is -2.22. The van der Waals surface area contributed by atoms with E-state index in [1.165, 1.54) is 38.4 Å². The Balaban J connectivity index is 2.58. The second-order valence-electron chi connectivity index (χ2n) is 4.46. The number of ether oxygens (including phenoxy) is 1. The Labute approximate surface area is 154 Å². The minimum absolute atomic E-state index is 0.0147. The molecule has 0 saturated heterocycles. The van der Waals surface area contributed by atoms with E-state index < -0.39 is 10.0 Å². The van der Waals surface area contributed by atoms with Crippen LogP contribution in [0.1, 0.15) is 0 Å². The van der Waals surface area contributed by atoms with Crippen LogP contribution in [0.5, 0.6) is 5.75 Å². The minimum Gasteiger partial charge on any atom is -0.495 e. The van der Waals surface area contributed by atoms with E-state index in [9.17, 15) is 8.42 Å². The van der Waals surface area contributed by atoms with Gasteiger partial charge in [0.05, 0.1) is 22.8 Å². The van der Waals surface area contributed by atoms with Gasteiger partial charge in [-0.3, -0.25) is 4.31 Å². The average Bonchev–Trinajstić information content (AvgIpc) is 2.51. The number of methoxy groups -OCH3 is 1. The van der Waals surface area contributed by atoms with Crippen molar-refractivity contribution in [1.29, 1.82) is 0 Å². The van der Waals surface area contributed by atoms with Crippen LogP contribution in [0.15, 0.2) is 35.2 Å². The molecule has 0 saturated carbocycles. The Morgan fingerprint density at radius 1 is 1.00 bits per heavy atom.